The van der Waals surface area contributed by atoms with Crippen molar-refractivity contribution in [3.05, 3.63) is 59.4 Å². The fraction of sp³-hybridized carbons (Fsp3) is 0.267. The van der Waals surface area contributed by atoms with Crippen molar-refractivity contribution in [3.63, 3.8) is 0 Å². The van der Waals surface area contributed by atoms with Gasteiger partial charge in [0.25, 0.3) is 0 Å². The van der Waals surface area contributed by atoms with Crippen LogP contribution in [0.4, 0.5) is 0 Å². The van der Waals surface area contributed by atoms with Crippen LogP contribution >= 0.6 is 0 Å². The molecule has 0 amide bonds. The van der Waals surface area contributed by atoms with Crippen molar-refractivity contribution in [1.29, 1.82) is 0 Å². The van der Waals surface area contributed by atoms with Crippen LogP contribution in [0.3, 0.4) is 0 Å². The average Bonchev–Trinajstić information content (AvgIpc) is 2.38. The third-order valence-electron chi connectivity index (χ3n) is 2.80. The van der Waals surface area contributed by atoms with Crippen LogP contribution in [0.1, 0.15) is 23.7 Å². The molecular weight excluding hydrogens is 210 g/mol. The zero-order chi connectivity index (χ0) is 12.1. The molecule has 0 atom stereocenters. The Kier molecular flexibility index (Phi) is 3.76. The molecule has 0 aliphatic heterocycles. The number of ether oxygens (including phenoxy) is 1. The normalized spacial score (nSPS) is 10.2. The maximum absolute atomic E-state index is 5.75. The molecule has 88 valence electrons. The van der Waals surface area contributed by atoms with E-state index in [0.717, 1.165) is 17.9 Å². The molecular formula is C15H17NO. The molecule has 0 spiro atoms. The summed E-state index contributed by atoms with van der Waals surface area (Å²) >= 11 is 0. The second kappa shape index (κ2) is 5.48. The summed E-state index contributed by atoms with van der Waals surface area (Å²) in [5, 5.41) is 0. The van der Waals surface area contributed by atoms with Gasteiger partial charge in [-0.1, -0.05) is 25.1 Å². The molecule has 1 heterocycles. The maximum Gasteiger partial charge on any atom is 0.130 e. The van der Waals surface area contributed by atoms with Crippen LogP contribution in [0.15, 0.2) is 42.6 Å². The second-order valence-electron chi connectivity index (χ2n) is 4.06. The van der Waals surface area contributed by atoms with Crippen LogP contribution in [0.25, 0.3) is 0 Å². The van der Waals surface area contributed by atoms with Gasteiger partial charge in [-0.05, 0) is 42.7 Å². The Morgan fingerprint density at radius 3 is 2.82 bits per heavy atom. The number of nitrogens with zero attached hydrogens (tertiary/aromatic N) is 1. The van der Waals surface area contributed by atoms with Crippen LogP contribution in [0.2, 0.25) is 0 Å². The van der Waals surface area contributed by atoms with Gasteiger partial charge in [0.2, 0.25) is 0 Å². The van der Waals surface area contributed by atoms with E-state index in [0.29, 0.717) is 6.61 Å². The lowest BCUT2D eigenvalue weighted by Crippen LogP contribution is -2.00. The number of hydrogen-bond acceptors (Lipinski definition) is 2. The first-order chi connectivity index (χ1) is 8.29. The molecule has 2 heteroatoms. The van der Waals surface area contributed by atoms with E-state index in [1.54, 1.807) is 6.20 Å². The van der Waals surface area contributed by atoms with Gasteiger partial charge < -0.3 is 4.74 Å². The van der Waals surface area contributed by atoms with E-state index in [4.69, 9.17) is 4.74 Å². The molecule has 1 aromatic heterocycles. The quantitative estimate of drug-likeness (QED) is 0.797. The van der Waals surface area contributed by atoms with E-state index in [1.165, 1.54) is 11.1 Å². The predicted molar refractivity (Wildman–Crippen MR) is 69.1 cm³/mol. The van der Waals surface area contributed by atoms with Gasteiger partial charge in [0.1, 0.15) is 12.4 Å². The Bertz CT molecular complexity index is 494. The highest BCUT2D eigenvalue weighted by Crippen LogP contribution is 2.15. The maximum atomic E-state index is 5.75. The third kappa shape index (κ3) is 3.06. The molecule has 2 rings (SSSR count). The first kappa shape index (κ1) is 11.6. The van der Waals surface area contributed by atoms with Crippen molar-refractivity contribution in [2.24, 2.45) is 0 Å². The predicted octanol–water partition coefficient (Wildman–Crippen LogP) is 3.53. The first-order valence-electron chi connectivity index (χ1n) is 5.92. The number of pyridine rings is 1. The highest BCUT2D eigenvalue weighted by Gasteiger charge is 2.00. The molecule has 1 aromatic carbocycles. The van der Waals surface area contributed by atoms with Crippen molar-refractivity contribution < 1.29 is 4.74 Å². The van der Waals surface area contributed by atoms with E-state index in [9.17, 15) is 0 Å². The Labute approximate surface area is 102 Å². The van der Waals surface area contributed by atoms with Gasteiger partial charge in [-0.3, -0.25) is 4.98 Å². The molecule has 17 heavy (non-hydrogen) atoms. The van der Waals surface area contributed by atoms with E-state index in [-0.39, 0.29) is 0 Å². The average molecular weight is 227 g/mol. The minimum atomic E-state index is 0.528. The molecule has 0 aliphatic carbocycles. The standard InChI is InChI=1S/C15H17NO/c1-3-13-7-4-8-14(10-13)17-11-15-12(2)6-5-9-16-15/h4-10H,3,11H2,1-2H3. The number of aromatic nitrogens is 1. The van der Waals surface area contributed by atoms with E-state index in [1.807, 2.05) is 31.2 Å². The molecule has 0 bridgehead atoms. The Balaban J connectivity index is 2.05. The third-order valence-corrected chi connectivity index (χ3v) is 2.80. The summed E-state index contributed by atoms with van der Waals surface area (Å²) in [5.74, 6) is 0.911. The first-order valence-corrected chi connectivity index (χ1v) is 5.92. The summed E-state index contributed by atoms with van der Waals surface area (Å²) in [6.07, 6.45) is 2.83. The lowest BCUT2D eigenvalue weighted by atomic mass is 10.2. The molecule has 0 radical (unpaired) electrons. The van der Waals surface area contributed by atoms with Gasteiger partial charge in [0.05, 0.1) is 5.69 Å². The van der Waals surface area contributed by atoms with E-state index >= 15 is 0 Å². The molecule has 0 N–H and O–H groups in total. The number of rotatable bonds is 4. The highest BCUT2D eigenvalue weighted by atomic mass is 16.5. The van der Waals surface area contributed by atoms with Crippen molar-refractivity contribution in [3.8, 4) is 5.75 Å². The zero-order valence-corrected chi connectivity index (χ0v) is 10.3. The van der Waals surface area contributed by atoms with Gasteiger partial charge in [0, 0.05) is 6.20 Å². The Hall–Kier alpha value is -1.83. The molecule has 0 fully saturated rings. The summed E-state index contributed by atoms with van der Waals surface area (Å²) in [7, 11) is 0. The van der Waals surface area contributed by atoms with E-state index < -0.39 is 0 Å². The summed E-state index contributed by atoms with van der Waals surface area (Å²) < 4.78 is 5.75. The van der Waals surface area contributed by atoms with Crippen molar-refractivity contribution >= 4 is 0 Å². The van der Waals surface area contributed by atoms with Crippen molar-refractivity contribution in [2.45, 2.75) is 26.9 Å². The smallest absolute Gasteiger partial charge is 0.130 e. The van der Waals surface area contributed by atoms with Crippen LogP contribution in [-0.2, 0) is 13.0 Å². The minimum absolute atomic E-state index is 0.528. The lowest BCUT2D eigenvalue weighted by Gasteiger charge is -2.08. The number of hydrogen-bond donors (Lipinski definition) is 0. The molecule has 2 aromatic rings. The number of aryl methyl sites for hydroxylation is 2. The van der Waals surface area contributed by atoms with Gasteiger partial charge in [-0.25, -0.2) is 0 Å². The second-order valence-corrected chi connectivity index (χ2v) is 4.06. The Morgan fingerprint density at radius 2 is 2.06 bits per heavy atom. The molecule has 0 aliphatic rings. The molecule has 0 unspecified atom stereocenters. The summed E-state index contributed by atoms with van der Waals surface area (Å²) in [6, 6.07) is 12.2. The summed E-state index contributed by atoms with van der Waals surface area (Å²) in [6.45, 7) is 4.72. The monoisotopic (exact) mass is 227 g/mol. The van der Waals surface area contributed by atoms with Crippen LogP contribution < -0.4 is 4.74 Å². The van der Waals surface area contributed by atoms with Gasteiger partial charge in [-0.15, -0.1) is 0 Å². The fourth-order valence-electron chi connectivity index (χ4n) is 1.68. The lowest BCUT2D eigenvalue weighted by molar-refractivity contribution is 0.300. The van der Waals surface area contributed by atoms with Crippen LogP contribution in [0.5, 0.6) is 5.75 Å². The largest absolute Gasteiger partial charge is 0.487 e. The van der Waals surface area contributed by atoms with Gasteiger partial charge in [-0.2, -0.15) is 0 Å². The topological polar surface area (TPSA) is 22.1 Å². The highest BCUT2D eigenvalue weighted by molar-refractivity contribution is 5.29. The van der Waals surface area contributed by atoms with Gasteiger partial charge >= 0.3 is 0 Å². The fourth-order valence-corrected chi connectivity index (χ4v) is 1.68. The minimum Gasteiger partial charge on any atom is -0.487 e. The van der Waals surface area contributed by atoms with Gasteiger partial charge in [0.15, 0.2) is 0 Å². The van der Waals surface area contributed by atoms with Crippen molar-refractivity contribution in [1.82, 2.24) is 4.98 Å². The zero-order valence-electron chi connectivity index (χ0n) is 10.3. The van der Waals surface area contributed by atoms with Crippen LogP contribution in [0, 0.1) is 6.92 Å². The Morgan fingerprint density at radius 1 is 1.18 bits per heavy atom. The van der Waals surface area contributed by atoms with E-state index in [2.05, 4.69) is 24.0 Å². The van der Waals surface area contributed by atoms with Crippen LogP contribution in [-0.4, -0.2) is 4.98 Å². The molecule has 2 nitrogen and oxygen atoms in total. The summed E-state index contributed by atoms with van der Waals surface area (Å²) in [5.41, 5.74) is 3.45. The van der Waals surface area contributed by atoms with Crippen molar-refractivity contribution in [2.75, 3.05) is 0 Å². The molecule has 0 saturated carbocycles. The number of benzene rings is 1. The SMILES string of the molecule is CCc1cccc(OCc2ncccc2C)c1. The summed E-state index contributed by atoms with van der Waals surface area (Å²) in [4.78, 5) is 4.31. The molecule has 0 saturated heterocycles.